The number of hydrogen-bond acceptors (Lipinski definition) is 6. The fraction of sp³-hybridized carbons (Fsp3) is 0.182. The number of amides is 1. The van der Waals surface area contributed by atoms with E-state index >= 15 is 0 Å². The van der Waals surface area contributed by atoms with Crippen LogP contribution in [0.4, 0.5) is 10.1 Å². The lowest BCUT2D eigenvalue weighted by molar-refractivity contribution is -0.118. The number of ether oxygens (including phenoxy) is 2. The largest absolute Gasteiger partial charge is 0.481 e. The van der Waals surface area contributed by atoms with Crippen molar-refractivity contribution in [2.45, 2.75) is 13.8 Å². The molecule has 0 aliphatic heterocycles. The lowest BCUT2D eigenvalue weighted by atomic mass is 10.2. The monoisotopic (exact) mass is 425 g/mol. The highest BCUT2D eigenvalue weighted by Gasteiger charge is 2.20. The van der Waals surface area contributed by atoms with E-state index in [1.165, 1.54) is 12.1 Å². The quantitative estimate of drug-likeness (QED) is 0.585. The van der Waals surface area contributed by atoms with Crippen LogP contribution in [0.5, 0.6) is 5.75 Å². The van der Waals surface area contributed by atoms with Crippen LogP contribution in [0, 0.1) is 12.7 Å². The highest BCUT2D eigenvalue weighted by Crippen LogP contribution is 2.17. The summed E-state index contributed by atoms with van der Waals surface area (Å²) in [5.74, 6) is -2.06. The summed E-state index contributed by atoms with van der Waals surface area (Å²) in [5, 5.41) is 6.55. The molecule has 0 spiro atoms. The van der Waals surface area contributed by atoms with Gasteiger partial charge in [0.1, 0.15) is 5.82 Å². The van der Waals surface area contributed by atoms with Gasteiger partial charge in [0.05, 0.1) is 18.4 Å². The highest BCUT2D eigenvalue weighted by atomic mass is 19.1. The maximum absolute atomic E-state index is 13.6. The number of aryl methyl sites for hydroxylation is 1. The van der Waals surface area contributed by atoms with E-state index in [0.717, 1.165) is 10.7 Å². The number of anilines is 1. The fourth-order valence-electron chi connectivity index (χ4n) is 2.66. The van der Waals surface area contributed by atoms with Crippen molar-refractivity contribution in [1.82, 2.24) is 9.78 Å². The average Bonchev–Trinajstić information content (AvgIpc) is 2.75. The van der Waals surface area contributed by atoms with Crippen LogP contribution in [-0.2, 0) is 9.53 Å². The summed E-state index contributed by atoms with van der Waals surface area (Å²) in [6.07, 6.45) is 0. The molecule has 0 saturated heterocycles. The molecule has 0 fully saturated rings. The molecule has 9 heteroatoms. The van der Waals surface area contributed by atoms with E-state index in [-0.39, 0.29) is 23.7 Å². The first-order valence-corrected chi connectivity index (χ1v) is 9.44. The molecule has 3 aromatic rings. The summed E-state index contributed by atoms with van der Waals surface area (Å²) < 4.78 is 25.0. The third-order valence-electron chi connectivity index (χ3n) is 4.18. The molecule has 1 N–H and O–H groups in total. The summed E-state index contributed by atoms with van der Waals surface area (Å²) in [6.45, 7) is 2.79. The molecule has 2 aromatic carbocycles. The SMILES string of the molecule is CCOC(=O)c1nn(-c2ccccc2)c(=O)cc1OCC(=O)Nc1ccc(C)c(F)c1. The van der Waals surface area contributed by atoms with Crippen molar-refractivity contribution in [3.8, 4) is 11.4 Å². The number of para-hydroxylation sites is 1. The smallest absolute Gasteiger partial charge is 0.362 e. The van der Waals surface area contributed by atoms with Crippen LogP contribution in [-0.4, -0.2) is 34.9 Å². The predicted molar refractivity (Wildman–Crippen MR) is 111 cm³/mol. The van der Waals surface area contributed by atoms with Crippen molar-refractivity contribution in [3.63, 3.8) is 0 Å². The first-order chi connectivity index (χ1) is 14.9. The van der Waals surface area contributed by atoms with Gasteiger partial charge in [0.25, 0.3) is 11.5 Å². The Morgan fingerprint density at radius 3 is 2.55 bits per heavy atom. The zero-order chi connectivity index (χ0) is 22.4. The van der Waals surface area contributed by atoms with Crippen LogP contribution < -0.4 is 15.6 Å². The molecule has 1 aromatic heterocycles. The van der Waals surface area contributed by atoms with Crippen molar-refractivity contribution >= 4 is 17.6 Å². The predicted octanol–water partition coefficient (Wildman–Crippen LogP) is 2.87. The average molecular weight is 425 g/mol. The van der Waals surface area contributed by atoms with Gasteiger partial charge in [-0.1, -0.05) is 24.3 Å². The maximum Gasteiger partial charge on any atom is 0.362 e. The summed E-state index contributed by atoms with van der Waals surface area (Å²) in [6, 6.07) is 13.8. The van der Waals surface area contributed by atoms with Crippen molar-refractivity contribution in [3.05, 3.63) is 82.0 Å². The molecule has 0 aliphatic rings. The van der Waals surface area contributed by atoms with Crippen LogP contribution in [0.3, 0.4) is 0 Å². The van der Waals surface area contributed by atoms with E-state index in [1.54, 1.807) is 50.2 Å². The zero-order valence-corrected chi connectivity index (χ0v) is 16.9. The molecule has 0 bridgehead atoms. The third kappa shape index (κ3) is 5.33. The summed E-state index contributed by atoms with van der Waals surface area (Å²) >= 11 is 0. The van der Waals surface area contributed by atoms with Gasteiger partial charge in [-0.05, 0) is 43.7 Å². The number of carbonyl (C=O) groups excluding carboxylic acids is 2. The van der Waals surface area contributed by atoms with Gasteiger partial charge in [0, 0.05) is 5.69 Å². The van der Waals surface area contributed by atoms with Gasteiger partial charge in [-0.25, -0.2) is 9.18 Å². The van der Waals surface area contributed by atoms with Crippen molar-refractivity contribution < 1.29 is 23.5 Å². The highest BCUT2D eigenvalue weighted by molar-refractivity contribution is 5.93. The number of nitrogens with one attached hydrogen (secondary N) is 1. The second kappa shape index (κ2) is 9.66. The molecule has 1 heterocycles. The lowest BCUT2D eigenvalue weighted by Crippen LogP contribution is -2.27. The molecule has 0 radical (unpaired) electrons. The van der Waals surface area contributed by atoms with E-state index in [1.807, 2.05) is 0 Å². The van der Waals surface area contributed by atoms with Crippen LogP contribution >= 0.6 is 0 Å². The summed E-state index contributed by atoms with van der Waals surface area (Å²) in [4.78, 5) is 37.0. The Labute approximate surface area is 177 Å². The van der Waals surface area contributed by atoms with Gasteiger partial charge in [-0.15, -0.1) is 0 Å². The Hall–Kier alpha value is -4.01. The van der Waals surface area contributed by atoms with Crippen LogP contribution in [0.15, 0.2) is 59.4 Å². The van der Waals surface area contributed by atoms with Gasteiger partial charge in [-0.2, -0.15) is 9.78 Å². The molecule has 0 atom stereocenters. The van der Waals surface area contributed by atoms with Crippen molar-refractivity contribution in [2.24, 2.45) is 0 Å². The first-order valence-electron chi connectivity index (χ1n) is 9.44. The van der Waals surface area contributed by atoms with Gasteiger partial charge in [0.2, 0.25) is 5.69 Å². The van der Waals surface area contributed by atoms with Crippen molar-refractivity contribution in [1.29, 1.82) is 0 Å². The van der Waals surface area contributed by atoms with E-state index in [2.05, 4.69) is 10.4 Å². The molecule has 31 heavy (non-hydrogen) atoms. The number of aromatic nitrogens is 2. The molecule has 0 saturated carbocycles. The Kier molecular flexibility index (Phi) is 6.76. The zero-order valence-electron chi connectivity index (χ0n) is 16.9. The van der Waals surface area contributed by atoms with Gasteiger partial charge < -0.3 is 14.8 Å². The van der Waals surface area contributed by atoms with E-state index in [9.17, 15) is 18.8 Å². The normalized spacial score (nSPS) is 10.4. The second-order valence-electron chi connectivity index (χ2n) is 6.46. The fourth-order valence-corrected chi connectivity index (χ4v) is 2.66. The Morgan fingerprint density at radius 2 is 1.87 bits per heavy atom. The number of hydrogen-bond donors (Lipinski definition) is 1. The van der Waals surface area contributed by atoms with Crippen LogP contribution in [0.2, 0.25) is 0 Å². The number of carbonyl (C=O) groups is 2. The number of benzene rings is 2. The van der Waals surface area contributed by atoms with Crippen LogP contribution in [0.1, 0.15) is 23.0 Å². The first kappa shape index (κ1) is 21.7. The molecule has 3 rings (SSSR count). The number of halogens is 1. The number of rotatable bonds is 7. The molecule has 160 valence electrons. The Bertz CT molecular complexity index is 1160. The molecule has 1 amide bonds. The molecule has 8 nitrogen and oxygen atoms in total. The van der Waals surface area contributed by atoms with E-state index < -0.39 is 29.9 Å². The lowest BCUT2D eigenvalue weighted by Gasteiger charge is -2.12. The van der Waals surface area contributed by atoms with E-state index in [0.29, 0.717) is 11.3 Å². The topological polar surface area (TPSA) is 99.5 Å². The minimum absolute atomic E-state index is 0.0872. The minimum atomic E-state index is -0.803. The number of nitrogens with zero attached hydrogens (tertiary/aromatic N) is 2. The van der Waals surface area contributed by atoms with Crippen LogP contribution in [0.25, 0.3) is 5.69 Å². The maximum atomic E-state index is 13.6. The second-order valence-corrected chi connectivity index (χ2v) is 6.46. The molecular weight excluding hydrogens is 405 g/mol. The molecule has 0 aliphatic carbocycles. The minimum Gasteiger partial charge on any atom is -0.481 e. The number of esters is 1. The Morgan fingerprint density at radius 1 is 1.13 bits per heavy atom. The standard InChI is InChI=1S/C22H20FN3O5/c1-3-30-22(29)21-18(12-20(28)26(25-21)16-7-5-4-6-8-16)31-13-19(27)24-15-10-9-14(2)17(23)11-15/h4-12H,3,13H2,1-2H3,(H,24,27). The summed E-state index contributed by atoms with van der Waals surface area (Å²) in [7, 11) is 0. The van der Waals surface area contributed by atoms with Crippen molar-refractivity contribution in [2.75, 3.05) is 18.5 Å². The van der Waals surface area contributed by atoms with E-state index in [4.69, 9.17) is 9.47 Å². The van der Waals surface area contributed by atoms with Gasteiger partial charge in [0.15, 0.2) is 12.4 Å². The molecule has 0 unspecified atom stereocenters. The van der Waals surface area contributed by atoms with Gasteiger partial charge >= 0.3 is 5.97 Å². The van der Waals surface area contributed by atoms with Gasteiger partial charge in [-0.3, -0.25) is 9.59 Å². The Balaban J connectivity index is 1.83. The summed E-state index contributed by atoms with van der Waals surface area (Å²) in [5.41, 5.74) is 0.330. The third-order valence-corrected chi connectivity index (χ3v) is 4.18. The molecular formula is C22H20FN3O5.